The molecule has 0 saturated heterocycles. The number of nitrogens with zero attached hydrogens (tertiary/aromatic N) is 2. The highest BCUT2D eigenvalue weighted by Gasteiger charge is 2.13. The van der Waals surface area contributed by atoms with Crippen molar-refractivity contribution in [3.05, 3.63) is 41.9 Å². The number of rotatable bonds is 2. The van der Waals surface area contributed by atoms with Gasteiger partial charge in [0.1, 0.15) is 11.4 Å². The van der Waals surface area contributed by atoms with Gasteiger partial charge in [0.25, 0.3) is 0 Å². The minimum absolute atomic E-state index is 0.0161. The number of aromatic nitrogens is 2. The first-order valence-corrected chi connectivity index (χ1v) is 5.00. The Labute approximate surface area is 98.0 Å². The van der Waals surface area contributed by atoms with E-state index in [2.05, 4.69) is 9.97 Å². The third-order valence-corrected chi connectivity index (χ3v) is 2.46. The van der Waals surface area contributed by atoms with E-state index < -0.39 is 5.97 Å². The number of carbonyl (C=O) groups is 1. The summed E-state index contributed by atoms with van der Waals surface area (Å²) < 4.78 is 0. The van der Waals surface area contributed by atoms with Gasteiger partial charge in [-0.2, -0.15) is 0 Å². The topological polar surface area (TPSA) is 89.1 Å². The van der Waals surface area contributed by atoms with Crippen LogP contribution in [0.2, 0.25) is 0 Å². The van der Waals surface area contributed by atoms with Crippen LogP contribution < -0.4 is 5.73 Å². The molecule has 0 unspecified atom stereocenters. The molecule has 0 saturated carbocycles. The first-order chi connectivity index (χ1) is 8.09. The van der Waals surface area contributed by atoms with Crippen LogP contribution in [0.3, 0.4) is 0 Å². The Morgan fingerprint density at radius 2 is 2.00 bits per heavy atom. The highest BCUT2D eigenvalue weighted by atomic mass is 16.4. The summed E-state index contributed by atoms with van der Waals surface area (Å²) in [6.45, 7) is 1.79. The lowest BCUT2D eigenvalue weighted by Gasteiger charge is -2.08. The molecule has 0 aliphatic carbocycles. The molecule has 0 radical (unpaired) electrons. The predicted octanol–water partition coefficient (Wildman–Crippen LogP) is 1.73. The second kappa shape index (κ2) is 4.21. The molecule has 86 valence electrons. The van der Waals surface area contributed by atoms with Crippen LogP contribution in [-0.2, 0) is 0 Å². The fourth-order valence-electron chi connectivity index (χ4n) is 1.62. The average molecular weight is 229 g/mol. The predicted molar refractivity (Wildman–Crippen MR) is 63.6 cm³/mol. The fraction of sp³-hybridized carbons (Fsp3) is 0.0833. The molecular formula is C12H11N3O2. The minimum Gasteiger partial charge on any atom is -0.478 e. The molecule has 3 N–H and O–H groups in total. The van der Waals surface area contributed by atoms with Crippen LogP contribution in [0.1, 0.15) is 16.1 Å². The molecule has 2 aromatic heterocycles. The summed E-state index contributed by atoms with van der Waals surface area (Å²) >= 11 is 0. The molecule has 2 rings (SSSR count). The number of pyridine rings is 2. The molecule has 2 heterocycles. The van der Waals surface area contributed by atoms with Gasteiger partial charge < -0.3 is 10.8 Å². The van der Waals surface area contributed by atoms with Crippen molar-refractivity contribution in [2.75, 3.05) is 5.73 Å². The summed E-state index contributed by atoms with van der Waals surface area (Å²) in [5.74, 6) is -1.04. The van der Waals surface area contributed by atoms with Crippen molar-refractivity contribution in [2.24, 2.45) is 0 Å². The molecule has 0 spiro atoms. The van der Waals surface area contributed by atoms with Gasteiger partial charge in [-0.3, -0.25) is 4.98 Å². The zero-order chi connectivity index (χ0) is 12.4. The van der Waals surface area contributed by atoms with Gasteiger partial charge in [0.05, 0.1) is 0 Å². The number of hydrogen-bond acceptors (Lipinski definition) is 4. The monoisotopic (exact) mass is 229 g/mol. The van der Waals surface area contributed by atoms with Crippen molar-refractivity contribution in [1.29, 1.82) is 0 Å². The van der Waals surface area contributed by atoms with Crippen LogP contribution in [0.25, 0.3) is 11.1 Å². The highest BCUT2D eigenvalue weighted by Crippen LogP contribution is 2.25. The van der Waals surface area contributed by atoms with Gasteiger partial charge in [-0.1, -0.05) is 0 Å². The number of hydrogen-bond donors (Lipinski definition) is 2. The summed E-state index contributed by atoms with van der Waals surface area (Å²) in [5, 5.41) is 9.00. The molecule has 0 aromatic carbocycles. The first kappa shape index (κ1) is 11.1. The van der Waals surface area contributed by atoms with Gasteiger partial charge in [-0.05, 0) is 30.7 Å². The van der Waals surface area contributed by atoms with Gasteiger partial charge >= 0.3 is 5.97 Å². The van der Waals surface area contributed by atoms with E-state index in [1.54, 1.807) is 31.5 Å². The van der Waals surface area contributed by atoms with Crippen molar-refractivity contribution in [2.45, 2.75) is 6.92 Å². The van der Waals surface area contributed by atoms with Gasteiger partial charge in [-0.25, -0.2) is 9.78 Å². The van der Waals surface area contributed by atoms with Crippen LogP contribution in [0.4, 0.5) is 5.82 Å². The number of nitrogens with two attached hydrogens (primary N) is 1. The van der Waals surface area contributed by atoms with E-state index in [9.17, 15) is 4.79 Å². The molecule has 0 fully saturated rings. The number of aromatic carboxylic acids is 1. The normalized spacial score (nSPS) is 10.2. The molecule has 0 aliphatic heterocycles. The molecule has 0 atom stereocenters. The second-order valence-electron chi connectivity index (χ2n) is 3.60. The van der Waals surface area contributed by atoms with Crippen molar-refractivity contribution < 1.29 is 9.90 Å². The van der Waals surface area contributed by atoms with Gasteiger partial charge in [-0.15, -0.1) is 0 Å². The van der Waals surface area contributed by atoms with Crippen molar-refractivity contribution in [3.8, 4) is 11.1 Å². The first-order valence-electron chi connectivity index (χ1n) is 5.00. The van der Waals surface area contributed by atoms with Crippen LogP contribution in [0.15, 0.2) is 30.6 Å². The maximum absolute atomic E-state index is 11.0. The summed E-state index contributed by atoms with van der Waals surface area (Å²) in [4.78, 5) is 18.9. The van der Waals surface area contributed by atoms with Crippen molar-refractivity contribution >= 4 is 11.8 Å². The van der Waals surface area contributed by atoms with Crippen LogP contribution in [-0.4, -0.2) is 21.0 Å². The summed E-state index contributed by atoms with van der Waals surface area (Å²) in [6.07, 6.45) is 3.29. The maximum Gasteiger partial charge on any atom is 0.339 e. The lowest BCUT2D eigenvalue weighted by molar-refractivity contribution is 0.0698. The quantitative estimate of drug-likeness (QED) is 0.818. The molecule has 2 aromatic rings. The maximum atomic E-state index is 11.0. The molecule has 0 bridgehead atoms. The lowest BCUT2D eigenvalue weighted by Crippen LogP contribution is -2.06. The molecule has 5 heteroatoms. The lowest BCUT2D eigenvalue weighted by atomic mass is 10.0. The van der Waals surface area contributed by atoms with Crippen LogP contribution in [0, 0.1) is 6.92 Å². The molecule has 0 amide bonds. The average Bonchev–Trinajstić information content (AvgIpc) is 2.29. The largest absolute Gasteiger partial charge is 0.478 e. The van der Waals surface area contributed by atoms with Gasteiger partial charge in [0.15, 0.2) is 0 Å². The van der Waals surface area contributed by atoms with Crippen LogP contribution in [0.5, 0.6) is 0 Å². The van der Waals surface area contributed by atoms with Crippen molar-refractivity contribution in [3.63, 3.8) is 0 Å². The second-order valence-corrected chi connectivity index (χ2v) is 3.60. The summed E-state index contributed by atoms with van der Waals surface area (Å²) in [7, 11) is 0. The number of anilines is 1. The molecule has 5 nitrogen and oxygen atoms in total. The van der Waals surface area contributed by atoms with Gasteiger partial charge in [0, 0.05) is 23.7 Å². The standard InChI is InChI=1S/C12H11N3O2/c1-7-9(8-2-4-14-5-3-8)6-10(12(16)17)11(13)15-7/h2-6H,1H3,(H2,13,15)(H,16,17). The van der Waals surface area contributed by atoms with E-state index in [0.717, 1.165) is 11.1 Å². The number of nitrogen functional groups attached to an aromatic ring is 1. The SMILES string of the molecule is Cc1nc(N)c(C(=O)O)cc1-c1ccncc1. The number of aryl methyl sites for hydroxylation is 1. The third kappa shape index (κ3) is 2.08. The zero-order valence-corrected chi connectivity index (χ0v) is 9.21. The third-order valence-electron chi connectivity index (χ3n) is 2.46. The van der Waals surface area contributed by atoms with E-state index in [4.69, 9.17) is 10.8 Å². The fourth-order valence-corrected chi connectivity index (χ4v) is 1.62. The minimum atomic E-state index is -1.08. The van der Waals surface area contributed by atoms with E-state index >= 15 is 0 Å². The molecule has 0 aliphatic rings. The van der Waals surface area contributed by atoms with E-state index in [0.29, 0.717) is 5.69 Å². The van der Waals surface area contributed by atoms with E-state index in [1.165, 1.54) is 6.07 Å². The van der Waals surface area contributed by atoms with E-state index in [-0.39, 0.29) is 11.4 Å². The smallest absolute Gasteiger partial charge is 0.339 e. The highest BCUT2D eigenvalue weighted by molar-refractivity contribution is 5.94. The Balaban J connectivity index is 2.63. The molecular weight excluding hydrogens is 218 g/mol. The summed E-state index contributed by atoms with van der Waals surface area (Å²) in [6, 6.07) is 5.13. The number of carboxylic acid groups (broad SMARTS) is 1. The number of carboxylic acids is 1. The Morgan fingerprint density at radius 1 is 1.35 bits per heavy atom. The Kier molecular flexibility index (Phi) is 2.74. The Bertz CT molecular complexity index is 567. The Morgan fingerprint density at radius 3 is 2.59 bits per heavy atom. The Hall–Kier alpha value is -2.43. The van der Waals surface area contributed by atoms with Crippen molar-refractivity contribution in [1.82, 2.24) is 9.97 Å². The van der Waals surface area contributed by atoms with E-state index in [1.807, 2.05) is 0 Å². The van der Waals surface area contributed by atoms with Gasteiger partial charge in [0.2, 0.25) is 0 Å². The summed E-state index contributed by atoms with van der Waals surface area (Å²) in [5.41, 5.74) is 7.89. The van der Waals surface area contributed by atoms with Crippen LogP contribution >= 0.6 is 0 Å². The zero-order valence-electron chi connectivity index (χ0n) is 9.21. The molecule has 17 heavy (non-hydrogen) atoms.